The molecular formula is C39H50N6O7. The number of benzene rings is 2. The van der Waals surface area contributed by atoms with E-state index in [1.807, 2.05) is 78.3 Å². The van der Waals surface area contributed by atoms with Gasteiger partial charge >= 0.3 is 5.97 Å². The molecule has 278 valence electrons. The van der Waals surface area contributed by atoms with Gasteiger partial charge in [-0.05, 0) is 56.2 Å². The number of aromatic nitrogens is 2. The summed E-state index contributed by atoms with van der Waals surface area (Å²) in [6, 6.07) is 14.7. The van der Waals surface area contributed by atoms with E-state index in [4.69, 9.17) is 14.2 Å². The van der Waals surface area contributed by atoms with Gasteiger partial charge in [0.05, 0.1) is 49.5 Å². The van der Waals surface area contributed by atoms with E-state index in [9.17, 15) is 19.2 Å². The van der Waals surface area contributed by atoms with Crippen molar-refractivity contribution < 1.29 is 33.4 Å². The van der Waals surface area contributed by atoms with Crippen LogP contribution in [0.5, 0.6) is 11.5 Å². The number of methoxy groups -OCH3 is 2. The van der Waals surface area contributed by atoms with Crippen molar-refractivity contribution in [3.63, 3.8) is 0 Å². The molecule has 5 rings (SSSR count). The molecule has 0 fully saturated rings. The highest BCUT2D eigenvalue weighted by Crippen LogP contribution is 2.37. The standard InChI is InChI=1S/C23H28N4O5.C14H16N2O2.C2H6/c1-5-27-15(2)12-24-19-11-21(20(31-4)10-18(19)23(27)30)32-8-6-7-22(29)25-16-9-17(14-28)26(3)13-16;1-15-12-6-4-10(5-7-12)11-8-13(14(17)18-3)16(2)9-11;1-2/h9-15H,5-8H2,1-4H3,(H,25,29);4-9,15H,1-3H3;1-2H3/t15-;;/m0../s1. The van der Waals surface area contributed by atoms with Gasteiger partial charge in [-0.1, -0.05) is 26.0 Å². The van der Waals surface area contributed by atoms with Gasteiger partial charge in [0.15, 0.2) is 17.8 Å². The fourth-order valence-electron chi connectivity index (χ4n) is 5.40. The van der Waals surface area contributed by atoms with E-state index in [1.54, 1.807) is 51.7 Å². The van der Waals surface area contributed by atoms with Crippen molar-refractivity contribution in [3.8, 4) is 22.6 Å². The maximum absolute atomic E-state index is 12.9. The number of hydrogen-bond donors (Lipinski definition) is 2. The van der Waals surface area contributed by atoms with Gasteiger partial charge in [-0.25, -0.2) is 4.79 Å². The Bertz CT molecular complexity index is 1860. The van der Waals surface area contributed by atoms with Gasteiger partial charge < -0.3 is 38.9 Å². The average Bonchev–Trinajstić information content (AvgIpc) is 3.70. The molecule has 13 heteroatoms. The molecule has 0 radical (unpaired) electrons. The van der Waals surface area contributed by atoms with E-state index < -0.39 is 0 Å². The Morgan fingerprint density at radius 2 is 1.65 bits per heavy atom. The Labute approximate surface area is 305 Å². The molecule has 0 aliphatic carbocycles. The first-order chi connectivity index (χ1) is 25.0. The van der Waals surface area contributed by atoms with Crippen LogP contribution in [0, 0.1) is 0 Å². The van der Waals surface area contributed by atoms with Crippen molar-refractivity contribution in [2.45, 2.75) is 46.6 Å². The first-order valence-corrected chi connectivity index (χ1v) is 17.2. The van der Waals surface area contributed by atoms with Gasteiger partial charge in [-0.2, -0.15) is 0 Å². The van der Waals surface area contributed by atoms with Gasteiger partial charge in [-0.3, -0.25) is 19.4 Å². The molecule has 2 aromatic carbocycles. The first-order valence-electron chi connectivity index (χ1n) is 17.2. The summed E-state index contributed by atoms with van der Waals surface area (Å²) in [5, 5.41) is 5.84. The molecular weight excluding hydrogens is 664 g/mol. The van der Waals surface area contributed by atoms with Gasteiger partial charge in [0, 0.05) is 70.0 Å². The summed E-state index contributed by atoms with van der Waals surface area (Å²) in [7, 11) is 8.35. The molecule has 13 nitrogen and oxygen atoms in total. The molecule has 0 saturated carbocycles. The predicted octanol–water partition coefficient (Wildman–Crippen LogP) is 6.76. The molecule has 2 N–H and O–H groups in total. The number of ether oxygens (including phenoxy) is 3. The zero-order valence-corrected chi connectivity index (χ0v) is 31.5. The van der Waals surface area contributed by atoms with Crippen LogP contribution in [-0.4, -0.2) is 84.8 Å². The number of carbonyl (C=O) groups is 4. The number of aldehydes is 1. The molecule has 1 aliphatic rings. The molecule has 0 saturated heterocycles. The molecule has 0 spiro atoms. The highest BCUT2D eigenvalue weighted by atomic mass is 16.5. The maximum atomic E-state index is 12.9. The number of aryl methyl sites for hydroxylation is 2. The Hall–Kier alpha value is -5.85. The van der Waals surface area contributed by atoms with E-state index in [2.05, 4.69) is 15.6 Å². The third kappa shape index (κ3) is 10.1. The van der Waals surface area contributed by atoms with Gasteiger partial charge in [0.1, 0.15) is 5.69 Å². The lowest BCUT2D eigenvalue weighted by Gasteiger charge is -2.24. The minimum Gasteiger partial charge on any atom is -0.493 e. The summed E-state index contributed by atoms with van der Waals surface area (Å²) < 4.78 is 19.4. The van der Waals surface area contributed by atoms with Crippen LogP contribution in [0.4, 0.5) is 17.1 Å². The lowest BCUT2D eigenvalue weighted by atomic mass is 10.1. The second kappa shape index (κ2) is 19.5. The van der Waals surface area contributed by atoms with Crippen LogP contribution in [0.1, 0.15) is 71.9 Å². The van der Waals surface area contributed by atoms with Gasteiger partial charge in [0.25, 0.3) is 5.91 Å². The monoisotopic (exact) mass is 714 g/mol. The van der Waals surface area contributed by atoms with Crippen molar-refractivity contribution in [2.75, 3.05) is 45.1 Å². The number of nitrogens with one attached hydrogen (secondary N) is 2. The first kappa shape index (κ1) is 40.6. The van der Waals surface area contributed by atoms with E-state index in [0.717, 1.165) is 23.1 Å². The molecule has 2 aromatic heterocycles. The largest absolute Gasteiger partial charge is 0.493 e. The summed E-state index contributed by atoms with van der Waals surface area (Å²) in [6.45, 7) is 8.71. The molecule has 1 aliphatic heterocycles. The second-order valence-corrected chi connectivity index (χ2v) is 11.6. The Morgan fingerprint density at radius 3 is 2.25 bits per heavy atom. The maximum Gasteiger partial charge on any atom is 0.354 e. The summed E-state index contributed by atoms with van der Waals surface area (Å²) in [5.74, 6) is 0.304. The van der Waals surface area contributed by atoms with Crippen LogP contribution in [0.2, 0.25) is 0 Å². The summed E-state index contributed by atoms with van der Waals surface area (Å²) in [5.41, 5.74) is 5.73. The smallest absolute Gasteiger partial charge is 0.354 e. The van der Waals surface area contributed by atoms with Gasteiger partial charge in [0.2, 0.25) is 5.91 Å². The Balaban J connectivity index is 0.000000308. The van der Waals surface area contributed by atoms with Gasteiger partial charge in [-0.15, -0.1) is 0 Å². The zero-order valence-electron chi connectivity index (χ0n) is 31.5. The highest BCUT2D eigenvalue weighted by molar-refractivity contribution is 6.03. The minimum absolute atomic E-state index is 0.104. The molecule has 52 heavy (non-hydrogen) atoms. The summed E-state index contributed by atoms with van der Waals surface area (Å²) in [6.07, 6.45) is 6.80. The van der Waals surface area contributed by atoms with E-state index in [1.165, 1.54) is 14.2 Å². The van der Waals surface area contributed by atoms with Crippen LogP contribution in [0.25, 0.3) is 11.1 Å². The summed E-state index contributed by atoms with van der Waals surface area (Å²) in [4.78, 5) is 53.7. The lowest BCUT2D eigenvalue weighted by Crippen LogP contribution is -2.38. The SMILES string of the molecule is CC.CCN1C(=O)c2cc(OC)c(OCCCC(=O)Nc3cc(C=O)n(C)c3)cc2N=C[C@@H]1C.CNc1ccc(-c2cc(C(=O)OC)n(C)c2)cc1. The van der Waals surface area contributed by atoms with Crippen LogP contribution in [-0.2, 0) is 23.6 Å². The van der Waals surface area contributed by atoms with Crippen molar-refractivity contribution in [2.24, 2.45) is 19.1 Å². The molecule has 0 unspecified atom stereocenters. The van der Waals surface area contributed by atoms with E-state index >= 15 is 0 Å². The molecule has 4 aromatic rings. The zero-order chi connectivity index (χ0) is 38.4. The number of amides is 2. The number of aliphatic imine (C=N–C) groups is 1. The minimum atomic E-state index is -0.324. The normalized spacial score (nSPS) is 13.0. The van der Waals surface area contributed by atoms with E-state index in [-0.39, 0.29) is 36.9 Å². The van der Waals surface area contributed by atoms with Crippen molar-refractivity contribution in [1.82, 2.24) is 14.0 Å². The molecule has 3 heterocycles. The van der Waals surface area contributed by atoms with Crippen LogP contribution < -0.4 is 20.1 Å². The Morgan fingerprint density at radius 1 is 0.942 bits per heavy atom. The van der Waals surface area contributed by atoms with Crippen molar-refractivity contribution in [3.05, 3.63) is 77.9 Å². The van der Waals surface area contributed by atoms with E-state index in [0.29, 0.717) is 52.8 Å². The van der Waals surface area contributed by atoms with Crippen LogP contribution in [0.15, 0.2) is 65.9 Å². The fraction of sp³-hybridized carbons (Fsp3) is 0.359. The third-order valence-corrected chi connectivity index (χ3v) is 8.19. The third-order valence-electron chi connectivity index (χ3n) is 8.19. The lowest BCUT2D eigenvalue weighted by molar-refractivity contribution is -0.116. The number of carbonyl (C=O) groups excluding carboxylic acids is 4. The average molecular weight is 715 g/mol. The fourth-order valence-corrected chi connectivity index (χ4v) is 5.40. The molecule has 2 amide bonds. The predicted molar refractivity (Wildman–Crippen MR) is 205 cm³/mol. The highest BCUT2D eigenvalue weighted by Gasteiger charge is 2.26. The number of esters is 1. The Kier molecular flexibility index (Phi) is 15.2. The summed E-state index contributed by atoms with van der Waals surface area (Å²) >= 11 is 0. The quantitative estimate of drug-likeness (QED) is 0.0931. The van der Waals surface area contributed by atoms with Crippen molar-refractivity contribution >= 4 is 47.3 Å². The topological polar surface area (TPSA) is 145 Å². The number of hydrogen-bond acceptors (Lipinski definition) is 9. The number of anilines is 2. The van der Waals surface area contributed by atoms with Crippen LogP contribution >= 0.6 is 0 Å². The molecule has 0 bridgehead atoms. The number of nitrogens with zero attached hydrogens (tertiary/aromatic N) is 4. The molecule has 1 atom stereocenters. The van der Waals surface area contributed by atoms with Crippen molar-refractivity contribution in [1.29, 1.82) is 0 Å². The number of rotatable bonds is 12. The number of fused-ring (bicyclic) bond motifs is 1. The second-order valence-electron chi connectivity index (χ2n) is 11.6. The van der Waals surface area contributed by atoms with Crippen LogP contribution in [0.3, 0.4) is 0 Å².